The summed E-state index contributed by atoms with van der Waals surface area (Å²) in [6.07, 6.45) is 1.44. The number of carbonyl (C=O) groups is 1. The molecule has 0 bridgehead atoms. The third kappa shape index (κ3) is 1.92. The number of fused-ring (bicyclic) bond motifs is 1. The number of nitrogens with zero attached hydrogens (tertiary/aromatic N) is 1. The minimum Gasteiger partial charge on any atom is -0.386 e. The smallest absolute Gasteiger partial charge is 0.188 e. The van der Waals surface area contributed by atoms with Gasteiger partial charge < -0.3 is 5.11 Å². The molecule has 16 heavy (non-hydrogen) atoms. The van der Waals surface area contributed by atoms with Crippen LogP contribution in [0.25, 0.3) is 0 Å². The standard InChI is InChI=1S/C12H17NO2S/c1-6(2)8-4-5-9-10(11(8)15)13-12(16-9)7(3)14/h6,8,11,15H,4-5H2,1-3H3. The van der Waals surface area contributed by atoms with Crippen molar-refractivity contribution < 1.29 is 9.90 Å². The summed E-state index contributed by atoms with van der Waals surface area (Å²) in [4.78, 5) is 16.6. The number of hydrogen-bond donors (Lipinski definition) is 1. The highest BCUT2D eigenvalue weighted by Crippen LogP contribution is 2.40. The largest absolute Gasteiger partial charge is 0.386 e. The molecular weight excluding hydrogens is 222 g/mol. The molecule has 1 aromatic heterocycles. The Balaban J connectivity index is 2.33. The van der Waals surface area contributed by atoms with Crippen molar-refractivity contribution in [2.75, 3.05) is 0 Å². The fraction of sp³-hybridized carbons (Fsp3) is 0.667. The van der Waals surface area contributed by atoms with Gasteiger partial charge in [0.05, 0.1) is 5.69 Å². The average molecular weight is 239 g/mol. The lowest BCUT2D eigenvalue weighted by Gasteiger charge is -2.29. The number of Topliss-reactive ketones (excluding diaryl/α,β-unsaturated/α-hetero) is 1. The summed E-state index contributed by atoms with van der Waals surface area (Å²) in [6, 6.07) is 0. The van der Waals surface area contributed by atoms with E-state index < -0.39 is 6.10 Å². The second-order valence-electron chi connectivity index (χ2n) is 4.78. The van der Waals surface area contributed by atoms with Crippen molar-refractivity contribution in [2.45, 2.75) is 39.7 Å². The van der Waals surface area contributed by atoms with Crippen LogP contribution in [-0.2, 0) is 6.42 Å². The number of aliphatic hydroxyl groups is 1. The summed E-state index contributed by atoms with van der Waals surface area (Å²) in [5.41, 5.74) is 0.750. The molecule has 1 aromatic rings. The van der Waals surface area contributed by atoms with Crippen LogP contribution >= 0.6 is 11.3 Å². The third-order valence-electron chi connectivity index (χ3n) is 3.28. The third-order valence-corrected chi connectivity index (χ3v) is 4.51. The Kier molecular flexibility index (Phi) is 3.13. The highest BCUT2D eigenvalue weighted by atomic mass is 32.1. The van der Waals surface area contributed by atoms with Crippen LogP contribution < -0.4 is 0 Å². The van der Waals surface area contributed by atoms with Crippen LogP contribution in [-0.4, -0.2) is 15.9 Å². The molecule has 1 aliphatic carbocycles. The van der Waals surface area contributed by atoms with E-state index in [1.54, 1.807) is 0 Å². The first-order valence-electron chi connectivity index (χ1n) is 5.69. The monoisotopic (exact) mass is 239 g/mol. The van der Waals surface area contributed by atoms with Crippen LogP contribution in [0.4, 0.5) is 0 Å². The lowest BCUT2D eigenvalue weighted by atomic mass is 9.80. The van der Waals surface area contributed by atoms with Crippen LogP contribution in [0, 0.1) is 11.8 Å². The summed E-state index contributed by atoms with van der Waals surface area (Å²) in [6.45, 7) is 5.77. The molecule has 4 heteroatoms. The Morgan fingerprint density at radius 1 is 1.56 bits per heavy atom. The SMILES string of the molecule is CC(=O)c1nc2c(s1)CCC(C(C)C)C2O. The fourth-order valence-corrected chi connectivity index (χ4v) is 3.29. The van der Waals surface area contributed by atoms with Crippen molar-refractivity contribution in [1.29, 1.82) is 0 Å². The fourth-order valence-electron chi connectivity index (χ4n) is 2.28. The second-order valence-corrected chi connectivity index (χ2v) is 5.86. The van der Waals surface area contributed by atoms with Gasteiger partial charge in [-0.3, -0.25) is 4.79 Å². The van der Waals surface area contributed by atoms with Gasteiger partial charge in [0.1, 0.15) is 6.10 Å². The molecule has 0 amide bonds. The predicted octanol–water partition coefficient (Wildman–Crippen LogP) is 2.60. The second kappa shape index (κ2) is 4.26. The number of aryl methyl sites for hydroxylation is 1. The van der Waals surface area contributed by atoms with Gasteiger partial charge in [-0.1, -0.05) is 13.8 Å². The Morgan fingerprint density at radius 3 is 2.81 bits per heavy atom. The van der Waals surface area contributed by atoms with E-state index in [9.17, 15) is 9.90 Å². The maximum atomic E-state index is 11.3. The zero-order valence-corrected chi connectivity index (χ0v) is 10.7. The van der Waals surface area contributed by atoms with Gasteiger partial charge in [-0.25, -0.2) is 4.98 Å². The Labute approximate surface area is 99.5 Å². The highest BCUT2D eigenvalue weighted by Gasteiger charge is 2.33. The van der Waals surface area contributed by atoms with Gasteiger partial charge in [-0.05, 0) is 24.7 Å². The lowest BCUT2D eigenvalue weighted by Crippen LogP contribution is -2.24. The van der Waals surface area contributed by atoms with Gasteiger partial charge in [0.25, 0.3) is 0 Å². The van der Waals surface area contributed by atoms with E-state index in [1.807, 2.05) is 0 Å². The molecule has 0 saturated heterocycles. The van der Waals surface area contributed by atoms with E-state index in [4.69, 9.17) is 0 Å². The zero-order valence-electron chi connectivity index (χ0n) is 9.86. The number of carbonyl (C=O) groups excluding carboxylic acids is 1. The van der Waals surface area contributed by atoms with Crippen molar-refractivity contribution in [2.24, 2.45) is 11.8 Å². The first-order chi connectivity index (χ1) is 7.50. The molecule has 1 aliphatic rings. The molecule has 3 nitrogen and oxygen atoms in total. The molecule has 0 saturated carbocycles. The topological polar surface area (TPSA) is 50.2 Å². The Bertz CT molecular complexity index is 411. The van der Waals surface area contributed by atoms with Crippen LogP contribution in [0.3, 0.4) is 0 Å². The van der Waals surface area contributed by atoms with Crippen LogP contribution in [0.1, 0.15) is 53.7 Å². The van der Waals surface area contributed by atoms with Crippen molar-refractivity contribution in [3.63, 3.8) is 0 Å². The van der Waals surface area contributed by atoms with E-state index in [2.05, 4.69) is 18.8 Å². The summed E-state index contributed by atoms with van der Waals surface area (Å²) >= 11 is 1.44. The normalized spacial score (nSPS) is 24.6. The van der Waals surface area contributed by atoms with E-state index in [1.165, 1.54) is 18.3 Å². The maximum absolute atomic E-state index is 11.3. The minimum atomic E-state index is -0.493. The predicted molar refractivity (Wildman–Crippen MR) is 63.7 cm³/mol. The van der Waals surface area contributed by atoms with E-state index in [0.717, 1.165) is 23.4 Å². The molecule has 88 valence electrons. The first-order valence-corrected chi connectivity index (χ1v) is 6.51. The molecule has 0 fully saturated rings. The number of hydrogen-bond acceptors (Lipinski definition) is 4. The first kappa shape index (κ1) is 11.7. The molecular formula is C12H17NO2S. The molecule has 0 aliphatic heterocycles. The molecule has 0 radical (unpaired) electrons. The highest BCUT2D eigenvalue weighted by molar-refractivity contribution is 7.13. The zero-order chi connectivity index (χ0) is 11.9. The molecule has 0 aromatic carbocycles. The Morgan fingerprint density at radius 2 is 2.25 bits per heavy atom. The average Bonchev–Trinajstić information content (AvgIpc) is 2.62. The van der Waals surface area contributed by atoms with Crippen LogP contribution in [0.15, 0.2) is 0 Å². The lowest BCUT2D eigenvalue weighted by molar-refractivity contribution is 0.0641. The van der Waals surface area contributed by atoms with Crippen molar-refractivity contribution in [1.82, 2.24) is 4.98 Å². The van der Waals surface area contributed by atoms with Crippen molar-refractivity contribution in [3.05, 3.63) is 15.6 Å². The number of aromatic nitrogens is 1. The summed E-state index contributed by atoms with van der Waals surface area (Å²) in [5.74, 6) is 0.715. The van der Waals surface area contributed by atoms with Gasteiger partial charge in [0, 0.05) is 11.8 Å². The molecule has 2 rings (SSSR count). The summed E-state index contributed by atoms with van der Waals surface area (Å²) < 4.78 is 0. The van der Waals surface area contributed by atoms with Gasteiger partial charge in [-0.2, -0.15) is 0 Å². The molecule has 2 unspecified atom stereocenters. The Hall–Kier alpha value is -0.740. The van der Waals surface area contributed by atoms with Crippen molar-refractivity contribution >= 4 is 17.1 Å². The summed E-state index contributed by atoms with van der Waals surface area (Å²) in [7, 11) is 0. The minimum absolute atomic E-state index is 0.00676. The molecule has 2 atom stereocenters. The van der Waals surface area contributed by atoms with Crippen molar-refractivity contribution in [3.8, 4) is 0 Å². The van der Waals surface area contributed by atoms with Crippen LogP contribution in [0.2, 0.25) is 0 Å². The van der Waals surface area contributed by atoms with E-state index >= 15 is 0 Å². The van der Waals surface area contributed by atoms with E-state index in [-0.39, 0.29) is 11.7 Å². The van der Waals surface area contributed by atoms with Gasteiger partial charge in [0.2, 0.25) is 0 Å². The van der Waals surface area contributed by atoms with Gasteiger partial charge >= 0.3 is 0 Å². The number of rotatable bonds is 2. The molecule has 1 N–H and O–H groups in total. The van der Waals surface area contributed by atoms with Gasteiger partial charge in [-0.15, -0.1) is 11.3 Å². The van der Waals surface area contributed by atoms with Gasteiger partial charge in [0.15, 0.2) is 10.8 Å². The molecule has 1 heterocycles. The van der Waals surface area contributed by atoms with Crippen LogP contribution in [0.5, 0.6) is 0 Å². The number of ketones is 1. The quantitative estimate of drug-likeness (QED) is 0.807. The molecule has 0 spiro atoms. The number of aliphatic hydroxyl groups excluding tert-OH is 1. The summed E-state index contributed by atoms with van der Waals surface area (Å²) in [5, 5.41) is 10.8. The maximum Gasteiger partial charge on any atom is 0.188 e. The van der Waals surface area contributed by atoms with E-state index in [0.29, 0.717) is 10.9 Å². The number of thiazole rings is 1.